The zero-order chi connectivity index (χ0) is 14.3. The summed E-state index contributed by atoms with van der Waals surface area (Å²) in [6.45, 7) is 1.21. The van der Waals surface area contributed by atoms with E-state index in [0.29, 0.717) is 39.9 Å². The fourth-order valence-corrected chi connectivity index (χ4v) is 2.89. The van der Waals surface area contributed by atoms with Gasteiger partial charge in [-0.25, -0.2) is 4.79 Å². The van der Waals surface area contributed by atoms with E-state index >= 15 is 0 Å². The Morgan fingerprint density at radius 2 is 2.10 bits per heavy atom. The number of aromatic nitrogens is 1. The molecule has 1 aliphatic rings. The van der Waals surface area contributed by atoms with Crippen molar-refractivity contribution in [2.24, 2.45) is 0 Å². The highest BCUT2D eigenvalue weighted by molar-refractivity contribution is 6.40. The molecule has 1 N–H and O–H groups in total. The normalized spacial score (nSPS) is 18.6. The van der Waals surface area contributed by atoms with Gasteiger partial charge in [0.05, 0.1) is 27.7 Å². The van der Waals surface area contributed by atoms with Gasteiger partial charge < -0.3 is 9.84 Å². The molecule has 1 unspecified atom stereocenters. The Kier molecular flexibility index (Phi) is 3.54. The number of nitrogens with zero attached hydrogens (tertiary/aromatic N) is 1. The SMILES string of the molecule is O=C(O)c1cc(C2CCOC2)nc2c(Cl)ccc(Cl)c12. The lowest BCUT2D eigenvalue weighted by Crippen LogP contribution is -2.06. The first-order valence-electron chi connectivity index (χ1n) is 6.17. The summed E-state index contributed by atoms with van der Waals surface area (Å²) in [7, 11) is 0. The summed E-state index contributed by atoms with van der Waals surface area (Å²) in [5, 5.41) is 10.5. The largest absolute Gasteiger partial charge is 0.478 e. The first kappa shape index (κ1) is 13.6. The maximum absolute atomic E-state index is 11.5. The Morgan fingerprint density at radius 1 is 1.35 bits per heavy atom. The summed E-state index contributed by atoms with van der Waals surface area (Å²) in [5.74, 6) is -0.936. The van der Waals surface area contributed by atoms with Gasteiger partial charge in [0.2, 0.25) is 0 Å². The van der Waals surface area contributed by atoms with E-state index in [1.165, 1.54) is 0 Å². The molecule has 1 fully saturated rings. The third-order valence-electron chi connectivity index (χ3n) is 3.46. The van der Waals surface area contributed by atoms with Crippen LogP contribution in [0.1, 0.15) is 28.4 Å². The van der Waals surface area contributed by atoms with Crippen LogP contribution in [0.25, 0.3) is 10.9 Å². The van der Waals surface area contributed by atoms with Gasteiger partial charge in [-0.3, -0.25) is 4.98 Å². The molecule has 20 heavy (non-hydrogen) atoms. The molecule has 0 radical (unpaired) electrons. The summed E-state index contributed by atoms with van der Waals surface area (Å²) in [6.07, 6.45) is 0.829. The van der Waals surface area contributed by atoms with Gasteiger partial charge in [-0.1, -0.05) is 23.2 Å². The molecule has 4 nitrogen and oxygen atoms in total. The van der Waals surface area contributed by atoms with E-state index in [1.54, 1.807) is 18.2 Å². The van der Waals surface area contributed by atoms with Gasteiger partial charge in [0, 0.05) is 23.6 Å². The number of hydrogen-bond donors (Lipinski definition) is 1. The predicted octanol–water partition coefficient (Wildman–Crippen LogP) is 3.74. The third kappa shape index (κ3) is 2.24. The van der Waals surface area contributed by atoms with Gasteiger partial charge >= 0.3 is 5.97 Å². The van der Waals surface area contributed by atoms with Crippen LogP contribution in [-0.2, 0) is 4.74 Å². The van der Waals surface area contributed by atoms with Crippen molar-refractivity contribution in [1.29, 1.82) is 0 Å². The molecule has 1 saturated heterocycles. The van der Waals surface area contributed by atoms with Crippen LogP contribution >= 0.6 is 23.2 Å². The molecule has 104 valence electrons. The van der Waals surface area contributed by atoms with Crippen molar-refractivity contribution >= 4 is 40.1 Å². The number of carboxylic acids is 1. The summed E-state index contributed by atoms with van der Waals surface area (Å²) >= 11 is 12.2. The van der Waals surface area contributed by atoms with Crippen molar-refractivity contribution in [1.82, 2.24) is 4.98 Å². The highest BCUT2D eigenvalue weighted by Gasteiger charge is 2.23. The van der Waals surface area contributed by atoms with Crippen molar-refractivity contribution in [3.8, 4) is 0 Å². The standard InChI is InChI=1S/C14H11Cl2NO3/c15-9-1-2-10(16)13-12(9)8(14(18)19)5-11(17-13)7-3-4-20-6-7/h1-2,5,7H,3-4,6H2,(H,18,19). The van der Waals surface area contributed by atoms with E-state index in [2.05, 4.69) is 4.98 Å². The topological polar surface area (TPSA) is 59.4 Å². The summed E-state index contributed by atoms with van der Waals surface area (Å²) in [4.78, 5) is 16.0. The third-order valence-corrected chi connectivity index (χ3v) is 4.08. The van der Waals surface area contributed by atoms with Gasteiger partial charge in [0.15, 0.2) is 0 Å². The van der Waals surface area contributed by atoms with Crippen LogP contribution in [0.15, 0.2) is 18.2 Å². The van der Waals surface area contributed by atoms with Crippen molar-refractivity contribution < 1.29 is 14.6 Å². The van der Waals surface area contributed by atoms with Crippen LogP contribution in [0.3, 0.4) is 0 Å². The predicted molar refractivity (Wildman–Crippen MR) is 76.9 cm³/mol. The second kappa shape index (κ2) is 5.20. The number of carbonyl (C=O) groups is 1. The maximum atomic E-state index is 11.5. The molecule has 2 heterocycles. The van der Waals surface area contributed by atoms with Gasteiger partial charge in [-0.15, -0.1) is 0 Å². The Balaban J connectivity index is 2.30. The van der Waals surface area contributed by atoms with Crippen LogP contribution in [0.4, 0.5) is 0 Å². The zero-order valence-electron chi connectivity index (χ0n) is 10.4. The molecule has 1 atom stereocenters. The summed E-state index contributed by atoms with van der Waals surface area (Å²) < 4.78 is 5.33. The number of aromatic carboxylic acids is 1. The number of rotatable bonds is 2. The lowest BCUT2D eigenvalue weighted by molar-refractivity contribution is 0.0698. The molecule has 0 spiro atoms. The second-order valence-electron chi connectivity index (χ2n) is 4.71. The Morgan fingerprint density at radius 3 is 2.75 bits per heavy atom. The first-order valence-corrected chi connectivity index (χ1v) is 6.93. The van der Waals surface area contributed by atoms with Crippen molar-refractivity contribution in [3.63, 3.8) is 0 Å². The van der Waals surface area contributed by atoms with E-state index in [1.807, 2.05) is 0 Å². The summed E-state index contributed by atoms with van der Waals surface area (Å²) in [6, 6.07) is 4.78. The number of ether oxygens (including phenoxy) is 1. The van der Waals surface area contributed by atoms with Gasteiger partial charge in [0.1, 0.15) is 0 Å². The number of benzene rings is 1. The minimum atomic E-state index is -1.04. The maximum Gasteiger partial charge on any atom is 0.336 e. The van der Waals surface area contributed by atoms with E-state index in [4.69, 9.17) is 27.9 Å². The van der Waals surface area contributed by atoms with Gasteiger partial charge in [0.25, 0.3) is 0 Å². The highest BCUT2D eigenvalue weighted by atomic mass is 35.5. The second-order valence-corrected chi connectivity index (χ2v) is 5.53. The molecular formula is C14H11Cl2NO3. The molecule has 1 aliphatic heterocycles. The van der Waals surface area contributed by atoms with Crippen LogP contribution < -0.4 is 0 Å². The molecule has 0 aliphatic carbocycles. The van der Waals surface area contributed by atoms with Crippen molar-refractivity contribution in [2.75, 3.05) is 13.2 Å². The molecule has 6 heteroatoms. The molecule has 0 bridgehead atoms. The van der Waals surface area contributed by atoms with E-state index in [-0.39, 0.29) is 11.5 Å². The number of fused-ring (bicyclic) bond motifs is 1. The van der Waals surface area contributed by atoms with E-state index in [0.717, 1.165) is 6.42 Å². The molecule has 2 aromatic rings. The molecular weight excluding hydrogens is 301 g/mol. The average Bonchev–Trinajstić information content (AvgIpc) is 2.96. The van der Waals surface area contributed by atoms with Gasteiger partial charge in [-0.05, 0) is 24.6 Å². The monoisotopic (exact) mass is 311 g/mol. The number of halogens is 2. The van der Waals surface area contributed by atoms with Crippen LogP contribution in [0, 0.1) is 0 Å². The number of carboxylic acid groups (broad SMARTS) is 1. The van der Waals surface area contributed by atoms with Crippen LogP contribution in [-0.4, -0.2) is 29.3 Å². The van der Waals surface area contributed by atoms with E-state index in [9.17, 15) is 9.90 Å². The Hall–Kier alpha value is -1.36. The molecule has 0 amide bonds. The minimum Gasteiger partial charge on any atom is -0.478 e. The van der Waals surface area contributed by atoms with Crippen LogP contribution in [0.2, 0.25) is 10.0 Å². The van der Waals surface area contributed by atoms with Crippen LogP contribution in [0.5, 0.6) is 0 Å². The van der Waals surface area contributed by atoms with Gasteiger partial charge in [-0.2, -0.15) is 0 Å². The lowest BCUT2D eigenvalue weighted by Gasteiger charge is -2.12. The molecule has 3 rings (SSSR count). The molecule has 1 aromatic heterocycles. The van der Waals surface area contributed by atoms with E-state index < -0.39 is 5.97 Å². The zero-order valence-corrected chi connectivity index (χ0v) is 11.9. The highest BCUT2D eigenvalue weighted by Crippen LogP contribution is 2.34. The lowest BCUT2D eigenvalue weighted by atomic mass is 9.99. The molecule has 1 aromatic carbocycles. The average molecular weight is 312 g/mol. The Labute approximate surface area is 125 Å². The van der Waals surface area contributed by atoms with Crippen molar-refractivity contribution in [3.05, 3.63) is 39.5 Å². The fourth-order valence-electron chi connectivity index (χ4n) is 2.43. The summed E-state index contributed by atoms with van der Waals surface area (Å²) in [5.41, 5.74) is 1.25. The fraction of sp³-hybridized carbons (Fsp3) is 0.286. The first-order chi connectivity index (χ1) is 9.58. The quantitative estimate of drug-likeness (QED) is 0.917. The van der Waals surface area contributed by atoms with Crippen molar-refractivity contribution in [2.45, 2.75) is 12.3 Å². The number of hydrogen-bond acceptors (Lipinski definition) is 3. The smallest absolute Gasteiger partial charge is 0.336 e. The number of pyridine rings is 1. The minimum absolute atomic E-state index is 0.104. The molecule has 0 saturated carbocycles. The Bertz CT molecular complexity index is 696.